The first-order valence-corrected chi connectivity index (χ1v) is 7.36. The van der Waals surface area contributed by atoms with E-state index < -0.39 is 7.38 Å². The highest BCUT2D eigenvalue weighted by atomic mass is 35.6. The van der Waals surface area contributed by atoms with E-state index in [0.717, 1.165) is 0 Å². The molecule has 0 radical (unpaired) electrons. The van der Waals surface area contributed by atoms with Gasteiger partial charge in [-0.1, -0.05) is 50.9 Å². The Morgan fingerprint density at radius 3 is 1.82 bits per heavy atom. The van der Waals surface area contributed by atoms with Crippen LogP contribution in [0, 0.1) is 0 Å². The van der Waals surface area contributed by atoms with Crippen LogP contribution in [-0.2, 0) is 0 Å². The van der Waals surface area contributed by atoms with Crippen molar-refractivity contribution in [3.63, 3.8) is 0 Å². The third-order valence-corrected chi connectivity index (χ3v) is 3.82. The van der Waals surface area contributed by atoms with Crippen LogP contribution in [0.4, 0.5) is 0 Å². The van der Waals surface area contributed by atoms with Crippen molar-refractivity contribution < 1.29 is 0 Å². The smallest absolute Gasteiger partial charge is 0.162 e. The Morgan fingerprint density at radius 2 is 1.55 bits per heavy atom. The highest BCUT2D eigenvalue weighted by molar-refractivity contribution is 7.26. The van der Waals surface area contributed by atoms with Gasteiger partial charge in [0.1, 0.15) is 0 Å². The molecule has 0 amide bonds. The van der Waals surface area contributed by atoms with Gasteiger partial charge in [-0.05, 0) is 5.19 Å². The molecule has 0 nitrogen and oxygen atoms in total. The molecule has 0 N–H and O–H groups in total. The molecule has 1 rings (SSSR count). The van der Waals surface area contributed by atoms with Crippen LogP contribution < -0.4 is 5.19 Å². The summed E-state index contributed by atoms with van der Waals surface area (Å²) in [5, 5.41) is 1.30. The SMILES string of the molecule is C.C[Si](C)(Cl)c1ccccc1. The van der Waals surface area contributed by atoms with E-state index in [4.69, 9.17) is 11.1 Å². The molecule has 0 saturated heterocycles. The van der Waals surface area contributed by atoms with E-state index in [1.165, 1.54) is 5.19 Å². The van der Waals surface area contributed by atoms with Crippen molar-refractivity contribution in [2.24, 2.45) is 0 Å². The molecule has 1 aromatic carbocycles. The van der Waals surface area contributed by atoms with Gasteiger partial charge >= 0.3 is 0 Å². The normalized spacial score (nSPS) is 10.5. The second-order valence-electron chi connectivity index (χ2n) is 2.84. The molecule has 0 heterocycles. The average molecular weight is 187 g/mol. The number of halogens is 1. The maximum Gasteiger partial charge on any atom is 0.180 e. The molecule has 0 saturated carbocycles. The first-order valence-electron chi connectivity index (χ1n) is 3.35. The fourth-order valence-corrected chi connectivity index (χ4v) is 2.20. The molecule has 0 bridgehead atoms. The number of hydrogen-bond donors (Lipinski definition) is 0. The lowest BCUT2D eigenvalue weighted by molar-refractivity contribution is 1.73. The second kappa shape index (κ2) is 3.93. The fourth-order valence-electron chi connectivity index (χ4n) is 0.834. The second-order valence-corrected chi connectivity index (χ2v) is 9.20. The number of hydrogen-bond acceptors (Lipinski definition) is 0. The van der Waals surface area contributed by atoms with Gasteiger partial charge in [0.05, 0.1) is 0 Å². The molecular weight excluding hydrogens is 172 g/mol. The third-order valence-electron chi connectivity index (χ3n) is 1.46. The van der Waals surface area contributed by atoms with Crippen LogP contribution >= 0.6 is 11.1 Å². The van der Waals surface area contributed by atoms with Crippen molar-refractivity contribution in [2.45, 2.75) is 20.5 Å². The molecule has 0 aromatic heterocycles. The molecule has 11 heavy (non-hydrogen) atoms. The number of benzene rings is 1. The van der Waals surface area contributed by atoms with E-state index >= 15 is 0 Å². The molecule has 0 atom stereocenters. The van der Waals surface area contributed by atoms with Gasteiger partial charge in [0.2, 0.25) is 0 Å². The van der Waals surface area contributed by atoms with Gasteiger partial charge in [0.25, 0.3) is 0 Å². The lowest BCUT2D eigenvalue weighted by atomic mass is 10.4. The van der Waals surface area contributed by atoms with Gasteiger partial charge < -0.3 is 0 Å². The Morgan fingerprint density at radius 1 is 1.09 bits per heavy atom. The monoisotopic (exact) mass is 186 g/mol. The topological polar surface area (TPSA) is 0 Å². The lowest BCUT2D eigenvalue weighted by Gasteiger charge is -2.11. The zero-order valence-corrected chi connectivity index (χ0v) is 8.02. The Balaban J connectivity index is 0.000001000. The fraction of sp³-hybridized carbons (Fsp3) is 0.333. The summed E-state index contributed by atoms with van der Waals surface area (Å²) in [5.74, 6) is 0. The Labute approximate surface area is 74.9 Å². The zero-order valence-electron chi connectivity index (χ0n) is 6.26. The maximum absolute atomic E-state index is 6.20. The standard InChI is InChI=1S/C8H11ClSi.CH4/c1-10(2,9)8-6-4-3-5-7-8;/h3-7H,1-2H3;1H4. The Bertz CT molecular complexity index is 201. The first-order chi connectivity index (χ1) is 4.61. The van der Waals surface area contributed by atoms with E-state index in [9.17, 15) is 0 Å². The largest absolute Gasteiger partial charge is 0.180 e. The van der Waals surface area contributed by atoms with E-state index in [0.29, 0.717) is 0 Å². The van der Waals surface area contributed by atoms with Crippen LogP contribution in [0.2, 0.25) is 13.1 Å². The van der Waals surface area contributed by atoms with Gasteiger partial charge in [-0.2, -0.15) is 11.1 Å². The molecule has 0 aliphatic heterocycles. The lowest BCUT2D eigenvalue weighted by Crippen LogP contribution is -2.34. The summed E-state index contributed by atoms with van der Waals surface area (Å²) in [6, 6.07) is 10.3. The predicted molar refractivity (Wildman–Crippen MR) is 56.1 cm³/mol. The van der Waals surface area contributed by atoms with Gasteiger partial charge in [0, 0.05) is 0 Å². The molecular formula is C9H15ClSi. The van der Waals surface area contributed by atoms with E-state index in [1.54, 1.807) is 0 Å². The van der Waals surface area contributed by atoms with Crippen molar-refractivity contribution in [3.05, 3.63) is 30.3 Å². The van der Waals surface area contributed by atoms with Crippen molar-refractivity contribution in [1.29, 1.82) is 0 Å². The summed E-state index contributed by atoms with van der Waals surface area (Å²) >= 11 is 6.20. The summed E-state index contributed by atoms with van der Waals surface area (Å²) in [7, 11) is -1.56. The molecule has 0 aliphatic rings. The molecule has 1 aromatic rings. The van der Waals surface area contributed by atoms with Gasteiger partial charge in [0.15, 0.2) is 7.38 Å². The summed E-state index contributed by atoms with van der Waals surface area (Å²) in [4.78, 5) is 0. The molecule has 2 heteroatoms. The average Bonchev–Trinajstić information content (AvgIpc) is 1.88. The van der Waals surface area contributed by atoms with Crippen LogP contribution in [0.25, 0.3) is 0 Å². The van der Waals surface area contributed by atoms with Gasteiger partial charge in [-0.25, -0.2) is 0 Å². The molecule has 0 fully saturated rings. The summed E-state index contributed by atoms with van der Waals surface area (Å²) in [5.41, 5.74) is 0. The number of rotatable bonds is 1. The maximum atomic E-state index is 6.20. The van der Waals surface area contributed by atoms with E-state index in [-0.39, 0.29) is 7.43 Å². The summed E-state index contributed by atoms with van der Waals surface area (Å²) in [6.45, 7) is 4.26. The van der Waals surface area contributed by atoms with Crippen molar-refractivity contribution in [2.75, 3.05) is 0 Å². The highest BCUT2D eigenvalue weighted by Crippen LogP contribution is 2.06. The van der Waals surface area contributed by atoms with Crippen LogP contribution in [0.3, 0.4) is 0 Å². The van der Waals surface area contributed by atoms with E-state index in [2.05, 4.69) is 25.2 Å². The van der Waals surface area contributed by atoms with Crippen LogP contribution in [0.1, 0.15) is 7.43 Å². The Kier molecular flexibility index (Phi) is 3.83. The van der Waals surface area contributed by atoms with Crippen LogP contribution in [-0.4, -0.2) is 7.38 Å². The minimum atomic E-state index is -1.56. The van der Waals surface area contributed by atoms with Crippen LogP contribution in [0.5, 0.6) is 0 Å². The molecule has 62 valence electrons. The van der Waals surface area contributed by atoms with Gasteiger partial charge in [-0.15, -0.1) is 0 Å². The molecule has 0 aliphatic carbocycles. The first kappa shape index (κ1) is 10.7. The molecule has 0 unspecified atom stereocenters. The predicted octanol–water partition coefficient (Wildman–Crippen LogP) is 2.97. The highest BCUT2D eigenvalue weighted by Gasteiger charge is 2.18. The molecule has 0 spiro atoms. The van der Waals surface area contributed by atoms with Crippen molar-refractivity contribution >= 4 is 23.6 Å². The minimum Gasteiger partial charge on any atom is -0.162 e. The third kappa shape index (κ3) is 3.08. The van der Waals surface area contributed by atoms with Crippen molar-refractivity contribution in [1.82, 2.24) is 0 Å². The minimum absolute atomic E-state index is 0. The van der Waals surface area contributed by atoms with Gasteiger partial charge in [-0.3, -0.25) is 0 Å². The zero-order chi connectivity index (χ0) is 7.61. The van der Waals surface area contributed by atoms with Crippen molar-refractivity contribution in [3.8, 4) is 0 Å². The summed E-state index contributed by atoms with van der Waals surface area (Å²) in [6.07, 6.45) is 0. The van der Waals surface area contributed by atoms with Crippen LogP contribution in [0.15, 0.2) is 30.3 Å². The Hall–Kier alpha value is -0.273. The summed E-state index contributed by atoms with van der Waals surface area (Å²) < 4.78 is 0. The van der Waals surface area contributed by atoms with E-state index in [1.807, 2.05) is 18.2 Å². The quantitative estimate of drug-likeness (QED) is 0.468.